The fourth-order valence-corrected chi connectivity index (χ4v) is 2.94. The summed E-state index contributed by atoms with van der Waals surface area (Å²) in [6.45, 7) is 4.06. The molecule has 16 heavy (non-hydrogen) atoms. The van der Waals surface area contributed by atoms with Crippen molar-refractivity contribution in [3.8, 4) is 0 Å². The minimum absolute atomic E-state index is 0.0977. The predicted molar refractivity (Wildman–Crippen MR) is 67.1 cm³/mol. The van der Waals surface area contributed by atoms with Gasteiger partial charge in [0.2, 0.25) is 0 Å². The molecule has 1 aliphatic rings. The molecule has 0 radical (unpaired) electrons. The molecule has 0 aromatic carbocycles. The van der Waals surface area contributed by atoms with E-state index in [1.165, 1.54) is 11.3 Å². The Labute approximate surface area is 100 Å². The molecule has 1 atom stereocenters. The highest BCUT2D eigenvalue weighted by atomic mass is 32.1. The van der Waals surface area contributed by atoms with Gasteiger partial charge in [-0.3, -0.25) is 4.79 Å². The highest BCUT2D eigenvalue weighted by Gasteiger charge is 2.18. The number of amides is 1. The van der Waals surface area contributed by atoms with Gasteiger partial charge >= 0.3 is 0 Å². The highest BCUT2D eigenvalue weighted by Crippen LogP contribution is 2.17. The van der Waals surface area contributed by atoms with Crippen molar-refractivity contribution < 1.29 is 4.79 Å². The minimum atomic E-state index is 0.0977. The number of rotatable bonds is 3. The van der Waals surface area contributed by atoms with E-state index in [0.717, 1.165) is 42.8 Å². The number of nitrogens with one attached hydrogen (secondary N) is 2. The molecule has 2 N–H and O–H groups in total. The summed E-state index contributed by atoms with van der Waals surface area (Å²) >= 11 is 1.54. The van der Waals surface area contributed by atoms with Crippen LogP contribution in [-0.2, 0) is 6.42 Å². The van der Waals surface area contributed by atoms with E-state index in [9.17, 15) is 4.79 Å². The number of piperidine rings is 1. The summed E-state index contributed by atoms with van der Waals surface area (Å²) in [6.07, 6.45) is 3.16. The number of carbonyl (C=O) groups excluding carboxylic acids is 1. The van der Waals surface area contributed by atoms with Crippen molar-refractivity contribution in [3.63, 3.8) is 0 Å². The van der Waals surface area contributed by atoms with E-state index < -0.39 is 0 Å². The Morgan fingerprint density at radius 3 is 3.25 bits per heavy atom. The van der Waals surface area contributed by atoms with Gasteiger partial charge < -0.3 is 10.6 Å². The van der Waals surface area contributed by atoms with Gasteiger partial charge in [-0.1, -0.05) is 6.92 Å². The maximum atomic E-state index is 12.0. The fraction of sp³-hybridized carbons (Fsp3) is 0.583. The van der Waals surface area contributed by atoms with Crippen LogP contribution < -0.4 is 10.6 Å². The molecular formula is C12H18N2OS. The van der Waals surface area contributed by atoms with Crippen LogP contribution in [-0.4, -0.2) is 25.0 Å². The number of aryl methyl sites for hydroxylation is 1. The average molecular weight is 238 g/mol. The molecule has 0 saturated carbocycles. The molecule has 1 aromatic heterocycles. The Morgan fingerprint density at radius 2 is 2.56 bits per heavy atom. The summed E-state index contributed by atoms with van der Waals surface area (Å²) in [7, 11) is 0. The Hall–Kier alpha value is -0.870. The third-order valence-electron chi connectivity index (χ3n) is 2.97. The Balaban J connectivity index is 1.96. The lowest BCUT2D eigenvalue weighted by Crippen LogP contribution is -2.45. The van der Waals surface area contributed by atoms with Gasteiger partial charge in [-0.25, -0.2) is 0 Å². The van der Waals surface area contributed by atoms with Crippen molar-refractivity contribution in [2.75, 3.05) is 13.1 Å². The molecule has 0 unspecified atom stereocenters. The second kappa shape index (κ2) is 5.46. The molecule has 0 bridgehead atoms. The molecule has 88 valence electrons. The van der Waals surface area contributed by atoms with Crippen LogP contribution >= 0.6 is 11.3 Å². The lowest BCUT2D eigenvalue weighted by atomic mass is 10.1. The number of carbonyl (C=O) groups is 1. The molecule has 4 heteroatoms. The largest absolute Gasteiger partial charge is 0.347 e. The van der Waals surface area contributed by atoms with E-state index in [2.05, 4.69) is 17.6 Å². The molecule has 2 heterocycles. The topological polar surface area (TPSA) is 41.1 Å². The minimum Gasteiger partial charge on any atom is -0.347 e. The Morgan fingerprint density at radius 1 is 1.69 bits per heavy atom. The van der Waals surface area contributed by atoms with Gasteiger partial charge in [0, 0.05) is 12.6 Å². The van der Waals surface area contributed by atoms with Crippen LogP contribution in [0.15, 0.2) is 11.4 Å². The van der Waals surface area contributed by atoms with Crippen LogP contribution in [0, 0.1) is 0 Å². The standard InChI is InChI=1S/C12H18N2OS/c1-2-9-5-7-16-11(9)12(15)14-10-4-3-6-13-8-10/h5,7,10,13H,2-4,6,8H2,1H3,(H,14,15)/t10-/m1/s1. The summed E-state index contributed by atoms with van der Waals surface area (Å²) in [5, 5.41) is 8.40. The average Bonchev–Trinajstić information content (AvgIpc) is 2.78. The summed E-state index contributed by atoms with van der Waals surface area (Å²) in [4.78, 5) is 12.9. The second-order valence-corrected chi connectivity index (χ2v) is 5.06. The Kier molecular flexibility index (Phi) is 3.96. The van der Waals surface area contributed by atoms with Gasteiger partial charge in [-0.15, -0.1) is 11.3 Å². The molecule has 1 amide bonds. The molecule has 2 rings (SSSR count). The lowest BCUT2D eigenvalue weighted by Gasteiger charge is -2.23. The zero-order valence-electron chi connectivity index (χ0n) is 9.58. The van der Waals surface area contributed by atoms with Gasteiger partial charge in [0.15, 0.2) is 0 Å². The second-order valence-electron chi connectivity index (χ2n) is 4.15. The Bertz CT molecular complexity index is 356. The van der Waals surface area contributed by atoms with Gasteiger partial charge in [-0.2, -0.15) is 0 Å². The summed E-state index contributed by atoms with van der Waals surface area (Å²) < 4.78 is 0. The van der Waals surface area contributed by atoms with Crippen molar-refractivity contribution in [2.24, 2.45) is 0 Å². The number of hydrogen-bond donors (Lipinski definition) is 2. The van der Waals surface area contributed by atoms with Crippen molar-refractivity contribution in [1.82, 2.24) is 10.6 Å². The molecule has 1 aromatic rings. The van der Waals surface area contributed by atoms with Crippen molar-refractivity contribution >= 4 is 17.2 Å². The van der Waals surface area contributed by atoms with Gasteiger partial charge in [0.05, 0.1) is 4.88 Å². The van der Waals surface area contributed by atoms with Gasteiger partial charge in [-0.05, 0) is 42.8 Å². The monoisotopic (exact) mass is 238 g/mol. The maximum Gasteiger partial charge on any atom is 0.261 e. The van der Waals surface area contributed by atoms with E-state index in [0.29, 0.717) is 6.04 Å². The predicted octanol–water partition coefficient (Wildman–Crippen LogP) is 1.79. The first-order valence-electron chi connectivity index (χ1n) is 5.89. The number of thiophene rings is 1. The van der Waals surface area contributed by atoms with Gasteiger partial charge in [0.25, 0.3) is 5.91 Å². The van der Waals surface area contributed by atoms with Crippen LogP contribution in [0.3, 0.4) is 0 Å². The summed E-state index contributed by atoms with van der Waals surface area (Å²) in [5.41, 5.74) is 1.16. The molecule has 0 spiro atoms. The van der Waals surface area contributed by atoms with Gasteiger partial charge in [0.1, 0.15) is 0 Å². The van der Waals surface area contributed by atoms with Crippen molar-refractivity contribution in [2.45, 2.75) is 32.2 Å². The van der Waals surface area contributed by atoms with Crippen LogP contribution in [0.5, 0.6) is 0 Å². The first-order valence-corrected chi connectivity index (χ1v) is 6.77. The molecular weight excluding hydrogens is 220 g/mol. The molecule has 1 aliphatic heterocycles. The van der Waals surface area contributed by atoms with Crippen molar-refractivity contribution in [1.29, 1.82) is 0 Å². The fourth-order valence-electron chi connectivity index (χ4n) is 2.04. The highest BCUT2D eigenvalue weighted by molar-refractivity contribution is 7.12. The van der Waals surface area contributed by atoms with E-state index in [4.69, 9.17) is 0 Å². The van der Waals surface area contributed by atoms with E-state index in [1.807, 2.05) is 11.4 Å². The van der Waals surface area contributed by atoms with Crippen LogP contribution in [0.25, 0.3) is 0 Å². The summed E-state index contributed by atoms with van der Waals surface area (Å²) in [5.74, 6) is 0.0977. The van der Waals surface area contributed by atoms with Crippen LogP contribution in [0.2, 0.25) is 0 Å². The first-order chi connectivity index (χ1) is 7.81. The molecule has 1 saturated heterocycles. The molecule has 1 fully saturated rings. The zero-order chi connectivity index (χ0) is 11.4. The van der Waals surface area contributed by atoms with E-state index in [-0.39, 0.29) is 5.91 Å². The van der Waals surface area contributed by atoms with Crippen molar-refractivity contribution in [3.05, 3.63) is 21.9 Å². The maximum absolute atomic E-state index is 12.0. The zero-order valence-corrected chi connectivity index (χ0v) is 10.4. The molecule has 0 aliphatic carbocycles. The quantitative estimate of drug-likeness (QED) is 0.843. The first kappa shape index (κ1) is 11.6. The lowest BCUT2D eigenvalue weighted by molar-refractivity contribution is 0.0934. The van der Waals surface area contributed by atoms with Crippen LogP contribution in [0.1, 0.15) is 35.0 Å². The van der Waals surface area contributed by atoms with E-state index >= 15 is 0 Å². The summed E-state index contributed by atoms with van der Waals surface area (Å²) in [6, 6.07) is 2.34. The van der Waals surface area contributed by atoms with E-state index in [1.54, 1.807) is 0 Å². The number of hydrogen-bond acceptors (Lipinski definition) is 3. The smallest absolute Gasteiger partial charge is 0.261 e. The van der Waals surface area contributed by atoms with Crippen LogP contribution in [0.4, 0.5) is 0 Å². The SMILES string of the molecule is CCc1ccsc1C(=O)N[C@@H]1CCCNC1. The molecule has 3 nitrogen and oxygen atoms in total. The third kappa shape index (κ3) is 2.62. The normalized spacial score (nSPS) is 20.7. The third-order valence-corrected chi connectivity index (χ3v) is 3.92.